The molecule has 1 aliphatic heterocycles. The number of nitrogens with one attached hydrogen (secondary N) is 2. The minimum Gasteiger partial charge on any atom is -0.497 e. The van der Waals surface area contributed by atoms with Gasteiger partial charge in [-0.15, -0.1) is 11.3 Å². The number of likely N-dealkylation sites (tertiary alicyclic amines) is 1. The molecule has 0 saturated carbocycles. The molecule has 0 radical (unpaired) electrons. The van der Waals surface area contributed by atoms with Crippen molar-refractivity contribution < 1.29 is 18.7 Å². The highest BCUT2D eigenvalue weighted by atomic mass is 32.1. The Labute approximate surface area is 205 Å². The van der Waals surface area contributed by atoms with E-state index in [1.54, 1.807) is 18.6 Å². The largest absolute Gasteiger partial charge is 0.497 e. The molecular formula is C26H25FN4O3S. The number of hydrogen-bond acceptors (Lipinski definition) is 5. The predicted octanol–water partition coefficient (Wildman–Crippen LogP) is 4.97. The van der Waals surface area contributed by atoms with Crippen LogP contribution in [0.25, 0.3) is 10.9 Å². The molecule has 2 amide bonds. The van der Waals surface area contributed by atoms with E-state index in [4.69, 9.17) is 4.74 Å². The van der Waals surface area contributed by atoms with Gasteiger partial charge in [-0.05, 0) is 54.7 Å². The van der Waals surface area contributed by atoms with Gasteiger partial charge in [0, 0.05) is 35.6 Å². The van der Waals surface area contributed by atoms with Crippen molar-refractivity contribution in [1.82, 2.24) is 14.9 Å². The van der Waals surface area contributed by atoms with E-state index < -0.39 is 11.7 Å². The van der Waals surface area contributed by atoms with Gasteiger partial charge in [0.1, 0.15) is 11.6 Å². The lowest BCUT2D eigenvalue weighted by Gasteiger charge is -2.32. The van der Waals surface area contributed by atoms with E-state index >= 15 is 0 Å². The summed E-state index contributed by atoms with van der Waals surface area (Å²) in [6.45, 7) is 1.36. The molecule has 35 heavy (non-hydrogen) atoms. The number of methoxy groups -OCH3 is 1. The Hall–Kier alpha value is -3.72. The van der Waals surface area contributed by atoms with Crippen molar-refractivity contribution in [3.8, 4) is 5.75 Å². The monoisotopic (exact) mass is 492 g/mol. The molecule has 0 aliphatic carbocycles. The zero-order valence-electron chi connectivity index (χ0n) is 19.2. The Morgan fingerprint density at radius 2 is 2.03 bits per heavy atom. The van der Waals surface area contributed by atoms with Crippen LogP contribution in [-0.4, -0.2) is 46.9 Å². The van der Waals surface area contributed by atoms with Gasteiger partial charge in [-0.3, -0.25) is 14.9 Å². The van der Waals surface area contributed by atoms with Gasteiger partial charge in [-0.1, -0.05) is 12.1 Å². The third-order valence-corrected chi connectivity index (χ3v) is 7.24. The number of fused-ring (bicyclic) bond motifs is 1. The third-order valence-electron chi connectivity index (χ3n) is 6.43. The molecular weight excluding hydrogens is 467 g/mol. The highest BCUT2D eigenvalue weighted by Crippen LogP contribution is 2.35. The third kappa shape index (κ3) is 4.90. The van der Waals surface area contributed by atoms with Gasteiger partial charge in [0.15, 0.2) is 5.13 Å². The summed E-state index contributed by atoms with van der Waals surface area (Å²) < 4.78 is 19.2. The number of thiazole rings is 1. The van der Waals surface area contributed by atoms with Crippen LogP contribution in [0.15, 0.2) is 54.0 Å². The van der Waals surface area contributed by atoms with Crippen LogP contribution in [0.2, 0.25) is 0 Å². The van der Waals surface area contributed by atoms with Crippen LogP contribution in [0.5, 0.6) is 5.75 Å². The topological polar surface area (TPSA) is 87.3 Å². The van der Waals surface area contributed by atoms with Gasteiger partial charge in [-0.2, -0.15) is 0 Å². The quantitative estimate of drug-likeness (QED) is 0.398. The molecule has 1 fully saturated rings. The average Bonchev–Trinajstić information content (AvgIpc) is 3.50. The van der Waals surface area contributed by atoms with Crippen molar-refractivity contribution in [1.29, 1.82) is 0 Å². The first-order valence-corrected chi connectivity index (χ1v) is 12.3. The SMILES string of the molecule is COc1ccc2[nH]cc(C3CCN(C(=O)Cc4csc(NC(=O)c5ccccc5F)n4)CC3)c2c1. The molecule has 1 aliphatic rings. The number of carbonyl (C=O) groups excluding carboxylic acids is 2. The fraction of sp³-hybridized carbons (Fsp3) is 0.269. The number of aromatic nitrogens is 2. The maximum atomic E-state index is 13.8. The van der Waals surface area contributed by atoms with E-state index in [-0.39, 0.29) is 17.9 Å². The van der Waals surface area contributed by atoms with Gasteiger partial charge in [-0.25, -0.2) is 9.37 Å². The normalized spacial score (nSPS) is 14.3. The summed E-state index contributed by atoms with van der Waals surface area (Å²) in [4.78, 5) is 34.7. The Balaban J connectivity index is 1.17. The summed E-state index contributed by atoms with van der Waals surface area (Å²) in [5, 5.41) is 5.87. The van der Waals surface area contributed by atoms with Gasteiger partial charge >= 0.3 is 0 Å². The van der Waals surface area contributed by atoms with Crippen molar-refractivity contribution in [3.05, 3.63) is 76.7 Å². The first-order chi connectivity index (χ1) is 17.0. The molecule has 0 spiro atoms. The van der Waals surface area contributed by atoms with Crippen molar-refractivity contribution in [2.45, 2.75) is 25.2 Å². The van der Waals surface area contributed by atoms with Crippen LogP contribution < -0.4 is 10.1 Å². The number of rotatable bonds is 6. The lowest BCUT2D eigenvalue weighted by atomic mass is 9.89. The van der Waals surface area contributed by atoms with Gasteiger partial charge in [0.2, 0.25) is 5.91 Å². The van der Waals surface area contributed by atoms with Crippen LogP contribution in [0.1, 0.15) is 40.4 Å². The Bertz CT molecular complexity index is 1370. The zero-order chi connectivity index (χ0) is 24.4. The van der Waals surface area contributed by atoms with Crippen molar-refractivity contribution in [2.24, 2.45) is 0 Å². The molecule has 1 saturated heterocycles. The summed E-state index contributed by atoms with van der Waals surface area (Å²) >= 11 is 1.22. The minimum absolute atomic E-state index is 0.0151. The molecule has 2 aromatic heterocycles. The average molecular weight is 493 g/mol. The predicted molar refractivity (Wildman–Crippen MR) is 134 cm³/mol. The second-order valence-electron chi connectivity index (χ2n) is 8.57. The smallest absolute Gasteiger partial charge is 0.260 e. The van der Waals surface area contributed by atoms with E-state index in [1.807, 2.05) is 17.0 Å². The number of aromatic amines is 1. The van der Waals surface area contributed by atoms with Crippen LogP contribution in [0, 0.1) is 5.82 Å². The molecule has 4 aromatic rings. The highest BCUT2D eigenvalue weighted by Gasteiger charge is 2.26. The van der Waals surface area contributed by atoms with E-state index in [0.29, 0.717) is 29.8 Å². The maximum Gasteiger partial charge on any atom is 0.260 e. The number of amides is 2. The summed E-state index contributed by atoms with van der Waals surface area (Å²) in [6, 6.07) is 11.8. The lowest BCUT2D eigenvalue weighted by molar-refractivity contribution is -0.131. The number of halogens is 1. The summed E-state index contributed by atoms with van der Waals surface area (Å²) in [7, 11) is 1.67. The number of H-pyrrole nitrogens is 1. The summed E-state index contributed by atoms with van der Waals surface area (Å²) in [5.74, 6) is 0.0684. The highest BCUT2D eigenvalue weighted by molar-refractivity contribution is 7.14. The molecule has 0 atom stereocenters. The number of nitrogens with zero attached hydrogens (tertiary/aromatic N) is 2. The van der Waals surface area contributed by atoms with Crippen LogP contribution in [-0.2, 0) is 11.2 Å². The Morgan fingerprint density at radius 1 is 1.23 bits per heavy atom. The number of hydrogen-bond donors (Lipinski definition) is 2. The molecule has 2 N–H and O–H groups in total. The molecule has 0 unspecified atom stereocenters. The van der Waals surface area contributed by atoms with E-state index in [2.05, 4.69) is 27.5 Å². The molecule has 7 nitrogen and oxygen atoms in total. The second kappa shape index (κ2) is 9.87. The maximum absolute atomic E-state index is 13.8. The number of carbonyl (C=O) groups is 2. The van der Waals surface area contributed by atoms with E-state index in [1.165, 1.54) is 40.5 Å². The van der Waals surface area contributed by atoms with Crippen LogP contribution in [0.3, 0.4) is 0 Å². The molecule has 0 bridgehead atoms. The molecule has 180 valence electrons. The van der Waals surface area contributed by atoms with Gasteiger partial charge in [0.25, 0.3) is 5.91 Å². The fourth-order valence-electron chi connectivity index (χ4n) is 4.55. The second-order valence-corrected chi connectivity index (χ2v) is 9.42. The lowest BCUT2D eigenvalue weighted by Crippen LogP contribution is -2.38. The first-order valence-electron chi connectivity index (χ1n) is 11.4. The first kappa shape index (κ1) is 23.0. The molecule has 5 rings (SSSR count). The Kier molecular flexibility index (Phi) is 6.50. The van der Waals surface area contributed by atoms with E-state index in [0.717, 1.165) is 24.1 Å². The number of piperidine rings is 1. The van der Waals surface area contributed by atoms with Crippen molar-refractivity contribution in [3.63, 3.8) is 0 Å². The fourth-order valence-corrected chi connectivity index (χ4v) is 5.25. The number of ether oxygens (including phenoxy) is 1. The molecule has 9 heteroatoms. The number of anilines is 1. The zero-order valence-corrected chi connectivity index (χ0v) is 20.0. The molecule has 2 aromatic carbocycles. The van der Waals surface area contributed by atoms with Crippen molar-refractivity contribution >= 4 is 39.2 Å². The standard InChI is InChI=1S/C26H25FN4O3S/c1-34-18-6-7-23-20(13-18)21(14-28-23)16-8-10-31(11-9-16)24(32)12-17-15-35-26(29-17)30-25(33)19-4-2-3-5-22(19)27/h2-7,13-16,28H,8-12H2,1H3,(H,29,30,33). The number of benzene rings is 2. The summed E-state index contributed by atoms with van der Waals surface area (Å²) in [6.07, 6.45) is 4.01. The minimum atomic E-state index is -0.591. The van der Waals surface area contributed by atoms with Crippen LogP contribution in [0.4, 0.5) is 9.52 Å². The van der Waals surface area contributed by atoms with Gasteiger partial charge in [0.05, 0.1) is 24.8 Å². The van der Waals surface area contributed by atoms with E-state index in [9.17, 15) is 14.0 Å². The molecule has 3 heterocycles. The van der Waals surface area contributed by atoms with Crippen LogP contribution >= 0.6 is 11.3 Å². The van der Waals surface area contributed by atoms with Gasteiger partial charge < -0.3 is 14.6 Å². The van der Waals surface area contributed by atoms with Crippen molar-refractivity contribution in [2.75, 3.05) is 25.5 Å². The Morgan fingerprint density at radius 3 is 2.80 bits per heavy atom. The summed E-state index contributed by atoms with van der Waals surface area (Å²) in [5.41, 5.74) is 2.90.